The second-order valence-corrected chi connectivity index (χ2v) is 7.71. The molecule has 0 saturated carbocycles. The molecular weight excluding hydrogens is 389 g/mol. The third kappa shape index (κ3) is 5.31. The topological polar surface area (TPSA) is 55.4 Å². The maximum atomic E-state index is 12.1. The van der Waals surface area contributed by atoms with E-state index in [1.807, 2.05) is 6.92 Å². The van der Waals surface area contributed by atoms with Gasteiger partial charge in [0, 0.05) is 10.9 Å². The molecule has 0 aliphatic heterocycles. The molecule has 1 aromatic rings. The molecule has 1 atom stereocenters. The average molecular weight is 405 g/mol. The fourth-order valence-corrected chi connectivity index (χ4v) is 4.16. The molecule has 1 unspecified atom stereocenters. The minimum absolute atomic E-state index is 0.0633. The summed E-state index contributed by atoms with van der Waals surface area (Å²) in [5.41, 5.74) is 0.313. The highest BCUT2D eigenvalue weighted by Gasteiger charge is 2.19. The maximum Gasteiger partial charge on any atom is 0.233 e. The molecule has 0 saturated heterocycles. The van der Waals surface area contributed by atoms with E-state index in [4.69, 9.17) is 27.9 Å². The van der Waals surface area contributed by atoms with Crippen molar-refractivity contribution in [3.05, 3.63) is 21.6 Å². The summed E-state index contributed by atoms with van der Waals surface area (Å²) in [5.74, 6) is 0.483. The third-order valence-corrected chi connectivity index (χ3v) is 5.20. The summed E-state index contributed by atoms with van der Waals surface area (Å²) in [4.78, 5) is 0. The molecule has 0 spiro atoms. The van der Waals surface area contributed by atoms with Gasteiger partial charge in [0.1, 0.15) is 0 Å². The van der Waals surface area contributed by atoms with Crippen molar-refractivity contribution in [1.29, 1.82) is 0 Å². The zero-order valence-electron chi connectivity index (χ0n) is 11.1. The number of hydrogen-bond acceptors (Lipinski definition) is 3. The van der Waals surface area contributed by atoms with Crippen LogP contribution in [-0.4, -0.2) is 26.7 Å². The van der Waals surface area contributed by atoms with E-state index in [-0.39, 0.29) is 17.6 Å². The third-order valence-electron chi connectivity index (χ3n) is 2.33. The number of alkyl halides is 1. The number of ether oxygens (including phenoxy) is 1. The lowest BCUT2D eigenvalue weighted by Crippen LogP contribution is -2.22. The van der Waals surface area contributed by atoms with Gasteiger partial charge in [-0.3, -0.25) is 4.72 Å². The van der Waals surface area contributed by atoms with E-state index >= 15 is 0 Å². The number of anilines is 1. The fourth-order valence-electron chi connectivity index (χ4n) is 1.56. The van der Waals surface area contributed by atoms with Crippen LogP contribution in [0.5, 0.6) is 5.75 Å². The minimum Gasteiger partial charge on any atom is -0.490 e. The molecule has 0 aromatic heterocycles. The van der Waals surface area contributed by atoms with Crippen molar-refractivity contribution in [3.8, 4) is 5.75 Å². The first-order valence-electron chi connectivity index (χ1n) is 5.97. The maximum absolute atomic E-state index is 12.1. The SMILES string of the molecule is CCOc1c(Br)cc(Cl)cc1NS(=O)(=O)CC(C)CCl. The molecule has 20 heavy (non-hydrogen) atoms. The molecule has 0 fully saturated rings. The summed E-state index contributed by atoms with van der Waals surface area (Å²) >= 11 is 14.9. The molecule has 1 N–H and O–H groups in total. The Morgan fingerprint density at radius 3 is 2.65 bits per heavy atom. The molecule has 0 bridgehead atoms. The number of sulfonamides is 1. The fraction of sp³-hybridized carbons (Fsp3) is 0.500. The predicted molar refractivity (Wildman–Crippen MR) is 87.6 cm³/mol. The van der Waals surface area contributed by atoms with E-state index in [2.05, 4.69) is 20.7 Å². The van der Waals surface area contributed by atoms with E-state index in [9.17, 15) is 8.42 Å². The molecule has 0 radical (unpaired) electrons. The van der Waals surface area contributed by atoms with Crippen molar-refractivity contribution in [2.24, 2.45) is 5.92 Å². The highest BCUT2D eigenvalue weighted by Crippen LogP contribution is 2.37. The predicted octanol–water partition coefficient (Wildman–Crippen LogP) is 4.12. The number of hydrogen-bond donors (Lipinski definition) is 1. The van der Waals surface area contributed by atoms with Gasteiger partial charge in [0.15, 0.2) is 5.75 Å². The summed E-state index contributed by atoms with van der Waals surface area (Å²) in [6, 6.07) is 3.16. The van der Waals surface area contributed by atoms with Gasteiger partial charge in [-0.2, -0.15) is 0 Å². The summed E-state index contributed by atoms with van der Waals surface area (Å²) in [7, 11) is -3.51. The Kier molecular flexibility index (Phi) is 6.91. The largest absolute Gasteiger partial charge is 0.490 e. The second-order valence-electron chi connectivity index (χ2n) is 4.34. The van der Waals surface area contributed by atoms with Gasteiger partial charge in [-0.1, -0.05) is 18.5 Å². The summed E-state index contributed by atoms with van der Waals surface area (Å²) in [5, 5.41) is 0.406. The zero-order chi connectivity index (χ0) is 15.3. The van der Waals surface area contributed by atoms with Crippen LogP contribution in [0.15, 0.2) is 16.6 Å². The van der Waals surface area contributed by atoms with Crippen LogP contribution in [0.2, 0.25) is 5.02 Å². The molecule has 4 nitrogen and oxygen atoms in total. The summed E-state index contributed by atoms with van der Waals surface area (Å²) in [6.07, 6.45) is 0. The van der Waals surface area contributed by atoms with Gasteiger partial charge < -0.3 is 4.74 Å². The number of rotatable bonds is 7. The number of halogens is 3. The van der Waals surface area contributed by atoms with E-state index in [1.54, 1.807) is 13.0 Å². The molecule has 1 rings (SSSR count). The first-order valence-corrected chi connectivity index (χ1v) is 9.33. The van der Waals surface area contributed by atoms with Crippen LogP contribution in [0.25, 0.3) is 0 Å². The second kappa shape index (κ2) is 7.73. The Balaban J connectivity index is 3.07. The van der Waals surface area contributed by atoms with Crippen molar-refractivity contribution in [2.75, 3.05) is 23.0 Å². The summed E-state index contributed by atoms with van der Waals surface area (Å²) < 4.78 is 32.7. The zero-order valence-corrected chi connectivity index (χ0v) is 15.0. The molecule has 8 heteroatoms. The van der Waals surface area contributed by atoms with Crippen molar-refractivity contribution in [2.45, 2.75) is 13.8 Å². The van der Waals surface area contributed by atoms with Crippen LogP contribution in [-0.2, 0) is 10.0 Å². The van der Waals surface area contributed by atoms with Crippen molar-refractivity contribution in [1.82, 2.24) is 0 Å². The molecule has 0 heterocycles. The van der Waals surface area contributed by atoms with Crippen LogP contribution in [0.3, 0.4) is 0 Å². The Hall–Kier alpha value is -0.170. The highest BCUT2D eigenvalue weighted by molar-refractivity contribution is 9.10. The Bertz CT molecular complexity index is 566. The van der Waals surface area contributed by atoms with E-state index in [1.165, 1.54) is 6.07 Å². The molecule has 0 amide bonds. The van der Waals surface area contributed by atoms with Crippen molar-refractivity contribution in [3.63, 3.8) is 0 Å². The van der Waals surface area contributed by atoms with Crippen molar-refractivity contribution < 1.29 is 13.2 Å². The van der Waals surface area contributed by atoms with E-state index < -0.39 is 10.0 Å². The van der Waals surface area contributed by atoms with Crippen LogP contribution < -0.4 is 9.46 Å². The quantitative estimate of drug-likeness (QED) is 0.695. The molecule has 114 valence electrons. The van der Waals surface area contributed by atoms with Gasteiger partial charge in [0.05, 0.1) is 22.5 Å². The standard InChI is InChI=1S/C12H16BrCl2NO3S/c1-3-19-12-10(13)4-9(15)5-11(12)16-20(17,18)7-8(2)6-14/h4-5,8,16H,3,6-7H2,1-2H3. The lowest BCUT2D eigenvalue weighted by molar-refractivity contribution is 0.340. The average Bonchev–Trinajstić information content (AvgIpc) is 2.32. The summed E-state index contributed by atoms with van der Waals surface area (Å²) in [6.45, 7) is 3.99. The van der Waals surface area contributed by atoms with Crippen molar-refractivity contribution >= 4 is 54.8 Å². The minimum atomic E-state index is -3.51. The molecular formula is C12H16BrCl2NO3S. The van der Waals surface area contributed by atoms with E-state index in [0.717, 1.165) is 0 Å². The first kappa shape index (κ1) is 17.9. The number of benzene rings is 1. The smallest absolute Gasteiger partial charge is 0.233 e. The van der Waals surface area contributed by atoms with Crippen LogP contribution in [0.1, 0.15) is 13.8 Å². The van der Waals surface area contributed by atoms with Crippen LogP contribution in [0.4, 0.5) is 5.69 Å². The van der Waals surface area contributed by atoms with Crippen LogP contribution in [0, 0.1) is 5.92 Å². The molecule has 0 aliphatic rings. The highest BCUT2D eigenvalue weighted by atomic mass is 79.9. The normalized spacial score (nSPS) is 13.1. The Morgan fingerprint density at radius 1 is 1.45 bits per heavy atom. The number of nitrogens with one attached hydrogen (secondary N) is 1. The van der Waals surface area contributed by atoms with Gasteiger partial charge in [-0.05, 0) is 40.9 Å². The van der Waals surface area contributed by atoms with Gasteiger partial charge >= 0.3 is 0 Å². The van der Waals surface area contributed by atoms with E-state index in [0.29, 0.717) is 27.5 Å². The lowest BCUT2D eigenvalue weighted by Gasteiger charge is -2.16. The monoisotopic (exact) mass is 403 g/mol. The van der Waals surface area contributed by atoms with Gasteiger partial charge in [-0.15, -0.1) is 11.6 Å². The molecule has 0 aliphatic carbocycles. The Labute approximate surface area is 138 Å². The van der Waals surface area contributed by atoms with Gasteiger partial charge in [0.2, 0.25) is 10.0 Å². The van der Waals surface area contributed by atoms with Gasteiger partial charge in [-0.25, -0.2) is 8.42 Å². The lowest BCUT2D eigenvalue weighted by atomic mass is 10.3. The molecule has 1 aromatic carbocycles. The Morgan fingerprint density at radius 2 is 2.10 bits per heavy atom. The van der Waals surface area contributed by atoms with Crippen LogP contribution >= 0.6 is 39.1 Å². The first-order chi connectivity index (χ1) is 9.29. The van der Waals surface area contributed by atoms with Gasteiger partial charge in [0.25, 0.3) is 0 Å².